The topological polar surface area (TPSA) is 69.7 Å². The van der Waals surface area contributed by atoms with Crippen LogP contribution < -0.4 is 5.32 Å². The van der Waals surface area contributed by atoms with Crippen molar-refractivity contribution in [3.63, 3.8) is 0 Å². The zero-order valence-electron chi connectivity index (χ0n) is 59.2. The zero-order chi connectivity index (χ0) is 71.9. The predicted molar refractivity (Wildman–Crippen MR) is 382 cm³/mol. The van der Waals surface area contributed by atoms with E-state index in [0.29, 0.717) is 35.5 Å². The molecular formula is C84H100F9N3O3. The van der Waals surface area contributed by atoms with E-state index in [1.807, 2.05) is 24.3 Å². The smallest absolute Gasteiger partial charge is 0.317 e. The van der Waals surface area contributed by atoms with Gasteiger partial charge in [0.05, 0.1) is 16.7 Å². The number of alkyl halides is 9. The van der Waals surface area contributed by atoms with Gasteiger partial charge in [-0.1, -0.05) is 170 Å². The van der Waals surface area contributed by atoms with Gasteiger partial charge in [-0.25, -0.2) is 0 Å². The molecular weight excluding hydrogens is 1270 g/mol. The standard InChI is InChI=1S/C32H36F3NO.C27H34F3NO.C25H30F3NO/c1-22(2)16-31(23(3)37)29-18-27(25-11-13-30(14-12-25)32(33,34)35)17-28(19-29)26-10-7-15-36(21-26)20-24-8-5-4-6-9-24;1-5-31-12-6-7-21(17-31)23-14-22(20-8-10-25(11-9-20)27(28,29)30)15-24(16-23)26(19(4)32)13-18(2)3;1-16(2)12-24(17(3)30)22-14-20(13-21(15-22)19-8-10-29-11-9-19)18-4-6-23(7-5-18)25(26,27)28/h4-6,8-9,11-14,17-19,22,26,31H,7,10,15-16,20-21H2,1-3H3;8-11,14-16,18,21,26H,5-7,12-13,17H2,1-4H3;4-7,13-16,19,24,29H,8-12H2,1-3H3. The van der Waals surface area contributed by atoms with Crippen molar-refractivity contribution in [1.29, 1.82) is 0 Å². The molecule has 3 saturated heterocycles. The number of benzene rings is 7. The molecule has 0 amide bonds. The number of Topliss-reactive ketones (excluding diaryl/α,β-unsaturated/α-hetero) is 3. The minimum Gasteiger partial charge on any atom is -0.317 e. The molecule has 0 aliphatic carbocycles. The van der Waals surface area contributed by atoms with Gasteiger partial charge >= 0.3 is 18.5 Å². The number of likely N-dealkylation sites (N-methyl/N-ethyl adjacent to an activating group) is 1. The molecule has 0 bridgehead atoms. The van der Waals surface area contributed by atoms with Gasteiger partial charge in [-0.2, -0.15) is 39.5 Å². The fourth-order valence-electron chi connectivity index (χ4n) is 14.5. The lowest BCUT2D eigenvalue weighted by Crippen LogP contribution is -2.34. The lowest BCUT2D eigenvalue weighted by molar-refractivity contribution is -0.138. The Labute approximate surface area is 581 Å². The van der Waals surface area contributed by atoms with Crippen LogP contribution in [0.3, 0.4) is 0 Å². The van der Waals surface area contributed by atoms with Crippen molar-refractivity contribution in [2.24, 2.45) is 17.8 Å². The largest absolute Gasteiger partial charge is 0.416 e. The maximum atomic E-state index is 13.2. The summed E-state index contributed by atoms with van der Waals surface area (Å²) in [6.07, 6.45) is -4.42. The summed E-state index contributed by atoms with van der Waals surface area (Å²) in [6, 6.07) is 45.3. The first-order valence-electron chi connectivity index (χ1n) is 35.5. The van der Waals surface area contributed by atoms with Crippen molar-refractivity contribution in [2.75, 3.05) is 45.8 Å². The molecule has 1 N–H and O–H groups in total. The van der Waals surface area contributed by atoms with Crippen LogP contribution in [0, 0.1) is 17.8 Å². The number of hydrogen-bond acceptors (Lipinski definition) is 6. The molecule has 3 aliphatic rings. The summed E-state index contributed by atoms with van der Waals surface area (Å²) in [5, 5.41) is 3.37. The highest BCUT2D eigenvalue weighted by Crippen LogP contribution is 2.42. The quantitative estimate of drug-likeness (QED) is 0.0723. The minimum absolute atomic E-state index is 0.124. The molecule has 532 valence electrons. The van der Waals surface area contributed by atoms with Gasteiger partial charge in [0.1, 0.15) is 17.3 Å². The number of carbonyl (C=O) groups excluding carboxylic acids is 3. The molecule has 15 heteroatoms. The summed E-state index contributed by atoms with van der Waals surface area (Å²) in [4.78, 5) is 42.6. The summed E-state index contributed by atoms with van der Waals surface area (Å²) < 4.78 is 117. The number of nitrogens with one attached hydrogen (secondary N) is 1. The van der Waals surface area contributed by atoms with Crippen LogP contribution in [0.4, 0.5) is 39.5 Å². The van der Waals surface area contributed by atoms with E-state index in [9.17, 15) is 53.9 Å². The van der Waals surface area contributed by atoms with Gasteiger partial charge in [0.25, 0.3) is 0 Å². The van der Waals surface area contributed by atoms with Gasteiger partial charge in [0, 0.05) is 37.4 Å². The normalized spacial score (nSPS) is 17.7. The van der Waals surface area contributed by atoms with E-state index in [4.69, 9.17) is 0 Å². The van der Waals surface area contributed by atoms with Gasteiger partial charge in [0.15, 0.2) is 0 Å². The number of nitrogens with zero attached hydrogens (tertiary/aromatic N) is 2. The molecule has 7 aromatic carbocycles. The second-order valence-electron chi connectivity index (χ2n) is 29.1. The monoisotopic (exact) mass is 1370 g/mol. The van der Waals surface area contributed by atoms with Crippen LogP contribution in [-0.2, 0) is 39.5 Å². The molecule has 3 fully saturated rings. The number of piperidine rings is 3. The van der Waals surface area contributed by atoms with Crippen molar-refractivity contribution < 1.29 is 53.9 Å². The van der Waals surface area contributed by atoms with Crippen LogP contribution in [0.2, 0.25) is 0 Å². The van der Waals surface area contributed by atoms with E-state index in [2.05, 4.69) is 124 Å². The molecule has 5 atom stereocenters. The van der Waals surface area contributed by atoms with Crippen molar-refractivity contribution in [1.82, 2.24) is 15.1 Å². The first kappa shape index (κ1) is 77.5. The highest BCUT2D eigenvalue weighted by Gasteiger charge is 2.34. The van der Waals surface area contributed by atoms with Crippen molar-refractivity contribution in [3.8, 4) is 33.4 Å². The molecule has 7 aromatic rings. The van der Waals surface area contributed by atoms with E-state index < -0.39 is 35.2 Å². The number of ketones is 3. The molecule has 10 rings (SSSR count). The van der Waals surface area contributed by atoms with Crippen molar-refractivity contribution in [2.45, 2.75) is 188 Å². The van der Waals surface area contributed by atoms with Crippen LogP contribution >= 0.6 is 0 Å². The summed E-state index contributed by atoms with van der Waals surface area (Å²) >= 11 is 0. The summed E-state index contributed by atoms with van der Waals surface area (Å²) in [5.74, 6) is 1.92. The van der Waals surface area contributed by atoms with Crippen molar-refractivity contribution in [3.05, 3.63) is 213 Å². The Balaban J connectivity index is 0.000000190. The minimum atomic E-state index is -4.37. The van der Waals surface area contributed by atoms with E-state index >= 15 is 0 Å². The lowest BCUT2D eigenvalue weighted by Gasteiger charge is -2.33. The van der Waals surface area contributed by atoms with E-state index in [1.54, 1.807) is 32.9 Å². The Morgan fingerprint density at radius 3 is 1.05 bits per heavy atom. The van der Waals surface area contributed by atoms with Crippen LogP contribution in [0.1, 0.15) is 218 Å². The third-order valence-electron chi connectivity index (χ3n) is 19.8. The summed E-state index contributed by atoms with van der Waals surface area (Å²) in [6.45, 7) is 27.5. The predicted octanol–water partition coefficient (Wildman–Crippen LogP) is 22.3. The van der Waals surface area contributed by atoms with E-state index in [1.165, 1.54) is 46.5 Å². The Morgan fingerprint density at radius 2 is 0.737 bits per heavy atom. The maximum Gasteiger partial charge on any atom is 0.416 e. The van der Waals surface area contributed by atoms with Gasteiger partial charge in [-0.05, 0) is 256 Å². The Hall–Kier alpha value is -7.20. The summed E-state index contributed by atoms with van der Waals surface area (Å²) in [5.41, 5.74) is 10.6. The molecule has 6 nitrogen and oxygen atoms in total. The Kier molecular flexibility index (Phi) is 27.4. The average molecular weight is 1370 g/mol. The molecule has 0 saturated carbocycles. The van der Waals surface area contributed by atoms with Crippen LogP contribution in [0.15, 0.2) is 158 Å². The van der Waals surface area contributed by atoms with Gasteiger partial charge in [-0.3, -0.25) is 19.3 Å². The molecule has 3 heterocycles. The molecule has 0 radical (unpaired) electrons. The SMILES string of the molecule is CC(=O)C(CC(C)C)c1cc(-c2ccc(C(F)(F)F)cc2)cc(C2CCCN(Cc3ccccc3)C2)c1.CC(=O)C(CC(C)C)c1cc(-c2ccc(C(F)(F)F)cc2)cc(C2CCNCC2)c1.CCN1CCCC(c2cc(-c3ccc(C(F)(F)F)cc3)cc(C(CC(C)C)C(C)=O)c2)C1. The van der Waals surface area contributed by atoms with Gasteiger partial charge < -0.3 is 10.2 Å². The molecule has 0 aromatic heterocycles. The third kappa shape index (κ3) is 22.4. The van der Waals surface area contributed by atoms with Crippen molar-refractivity contribution >= 4 is 17.3 Å². The number of halogens is 9. The van der Waals surface area contributed by atoms with Crippen LogP contribution in [0.5, 0.6) is 0 Å². The zero-order valence-corrected chi connectivity index (χ0v) is 59.2. The number of hydrogen-bond donors (Lipinski definition) is 1. The Morgan fingerprint density at radius 1 is 0.414 bits per heavy atom. The maximum absolute atomic E-state index is 13.2. The second-order valence-corrected chi connectivity index (χ2v) is 29.1. The van der Waals surface area contributed by atoms with Crippen LogP contribution in [-0.4, -0.2) is 73.0 Å². The molecule has 3 aliphatic heterocycles. The molecule has 0 spiro atoms. The highest BCUT2D eigenvalue weighted by atomic mass is 19.4. The van der Waals surface area contributed by atoms with Crippen LogP contribution in [0.25, 0.3) is 33.4 Å². The second kappa shape index (κ2) is 34.9. The first-order chi connectivity index (χ1) is 46.8. The van der Waals surface area contributed by atoms with E-state index in [-0.39, 0.29) is 35.1 Å². The fraction of sp³-hybridized carbons (Fsp3) is 0.464. The third-order valence-corrected chi connectivity index (χ3v) is 19.8. The van der Waals surface area contributed by atoms with Gasteiger partial charge in [0.2, 0.25) is 0 Å². The summed E-state index contributed by atoms with van der Waals surface area (Å²) in [7, 11) is 0. The fourth-order valence-corrected chi connectivity index (χ4v) is 14.5. The number of likely N-dealkylation sites (tertiary alicyclic amines) is 2. The first-order valence-corrected chi connectivity index (χ1v) is 35.5. The highest BCUT2D eigenvalue weighted by molar-refractivity contribution is 5.86. The van der Waals surface area contributed by atoms with Gasteiger partial charge in [-0.15, -0.1) is 0 Å². The number of carbonyl (C=O) groups is 3. The Bertz CT molecular complexity index is 3740. The lowest BCUT2D eigenvalue weighted by atomic mass is 9.81. The van der Waals surface area contributed by atoms with E-state index in [0.717, 1.165) is 197 Å². The number of rotatable bonds is 21. The molecule has 99 heavy (non-hydrogen) atoms. The molecule has 5 unspecified atom stereocenters. The average Bonchev–Trinajstić information content (AvgIpc) is 0.815.